The Balaban J connectivity index is 1.93. The summed E-state index contributed by atoms with van der Waals surface area (Å²) in [5.41, 5.74) is 14.0. The number of aryl methyl sites for hydroxylation is 2. The van der Waals surface area contributed by atoms with Gasteiger partial charge in [0.05, 0.1) is 19.9 Å². The molecule has 0 aliphatic heterocycles. The predicted octanol–water partition coefficient (Wildman–Crippen LogP) is 3.91. The molecule has 0 bridgehead atoms. The average Bonchev–Trinajstić information content (AvgIpc) is 3.57. The molecule has 1 saturated carbocycles. The van der Waals surface area contributed by atoms with Gasteiger partial charge in [0.1, 0.15) is 10.9 Å². The van der Waals surface area contributed by atoms with Crippen LogP contribution in [-0.4, -0.2) is 42.4 Å². The Kier molecular flexibility index (Phi) is 8.39. The summed E-state index contributed by atoms with van der Waals surface area (Å²) in [6.07, 6.45) is 3.79. The average molecular weight is 552 g/mol. The maximum absolute atomic E-state index is 14.3. The van der Waals surface area contributed by atoms with Gasteiger partial charge in [-0.2, -0.15) is 4.37 Å². The monoisotopic (exact) mass is 551 g/mol. The first-order chi connectivity index (χ1) is 18.7. The second kappa shape index (κ2) is 11.7. The Bertz CT molecular complexity index is 1400. The molecule has 1 atom stereocenters. The number of methoxy groups -OCH3 is 2. The summed E-state index contributed by atoms with van der Waals surface area (Å²) in [7, 11) is 3.03. The molecule has 1 fully saturated rings. The fraction of sp³-hybridized carbons (Fsp3) is 0.357. The zero-order valence-electron chi connectivity index (χ0n) is 22.4. The highest BCUT2D eigenvalue weighted by molar-refractivity contribution is 7.09. The molecule has 2 aromatic carbocycles. The van der Waals surface area contributed by atoms with Crippen LogP contribution in [0.5, 0.6) is 11.5 Å². The molecule has 10 nitrogen and oxygen atoms in total. The molecule has 0 saturated heterocycles. The van der Waals surface area contributed by atoms with Crippen molar-refractivity contribution in [1.82, 2.24) is 9.69 Å². The topological polar surface area (TPSA) is 150 Å². The number of amides is 3. The summed E-state index contributed by atoms with van der Waals surface area (Å²) < 4.78 is 14.9. The van der Waals surface area contributed by atoms with Gasteiger partial charge in [-0.1, -0.05) is 31.0 Å². The summed E-state index contributed by atoms with van der Waals surface area (Å²) in [5.74, 6) is -0.861. The second-order valence-corrected chi connectivity index (χ2v) is 10.4. The maximum atomic E-state index is 14.3. The van der Waals surface area contributed by atoms with Crippen molar-refractivity contribution in [2.45, 2.75) is 51.6 Å². The fourth-order valence-electron chi connectivity index (χ4n) is 4.87. The lowest BCUT2D eigenvalue weighted by Gasteiger charge is -2.33. The number of aromatic nitrogens is 1. The Morgan fingerprint density at radius 3 is 2.36 bits per heavy atom. The van der Waals surface area contributed by atoms with Gasteiger partial charge < -0.3 is 26.3 Å². The second-order valence-electron chi connectivity index (χ2n) is 9.61. The van der Waals surface area contributed by atoms with E-state index in [1.807, 2.05) is 32.0 Å². The first kappa shape index (κ1) is 27.9. The highest BCUT2D eigenvalue weighted by atomic mass is 32.1. The van der Waals surface area contributed by atoms with Crippen LogP contribution in [0.2, 0.25) is 0 Å². The third kappa shape index (κ3) is 5.68. The molecule has 5 N–H and O–H groups in total. The lowest BCUT2D eigenvalue weighted by molar-refractivity contribution is -0.123. The van der Waals surface area contributed by atoms with Crippen molar-refractivity contribution in [2.24, 2.45) is 5.73 Å². The zero-order chi connectivity index (χ0) is 28.3. The summed E-state index contributed by atoms with van der Waals surface area (Å²) in [6.45, 7) is 3.77. The van der Waals surface area contributed by atoms with Crippen molar-refractivity contribution in [3.05, 3.63) is 63.7 Å². The highest BCUT2D eigenvalue weighted by Crippen LogP contribution is 2.38. The normalized spacial score (nSPS) is 14.1. The number of hydrogen-bond donors (Lipinski definition) is 3. The van der Waals surface area contributed by atoms with Crippen molar-refractivity contribution in [3.63, 3.8) is 0 Å². The van der Waals surface area contributed by atoms with E-state index in [2.05, 4.69) is 9.69 Å². The van der Waals surface area contributed by atoms with Gasteiger partial charge in [0.2, 0.25) is 5.91 Å². The number of anilines is 2. The Morgan fingerprint density at radius 1 is 1.05 bits per heavy atom. The van der Waals surface area contributed by atoms with E-state index in [0.717, 1.165) is 48.3 Å². The molecule has 1 aliphatic rings. The number of primary amides is 1. The van der Waals surface area contributed by atoms with Gasteiger partial charge in [-0.25, -0.2) is 0 Å². The van der Waals surface area contributed by atoms with Gasteiger partial charge in [-0.3, -0.25) is 19.3 Å². The molecule has 0 radical (unpaired) electrons. The van der Waals surface area contributed by atoms with Crippen molar-refractivity contribution in [3.8, 4) is 11.5 Å². The lowest BCUT2D eigenvalue weighted by Crippen LogP contribution is -2.46. The summed E-state index contributed by atoms with van der Waals surface area (Å²) in [6, 6.07) is 9.68. The third-order valence-corrected chi connectivity index (χ3v) is 7.78. The van der Waals surface area contributed by atoms with E-state index < -0.39 is 17.9 Å². The van der Waals surface area contributed by atoms with Gasteiger partial charge in [0.15, 0.2) is 17.2 Å². The quantitative estimate of drug-likeness (QED) is 0.365. The van der Waals surface area contributed by atoms with Crippen molar-refractivity contribution in [2.75, 3.05) is 24.9 Å². The van der Waals surface area contributed by atoms with Crippen LogP contribution in [0.25, 0.3) is 0 Å². The molecule has 3 amide bonds. The first-order valence-electron chi connectivity index (χ1n) is 12.6. The summed E-state index contributed by atoms with van der Waals surface area (Å²) >= 11 is 0.773. The predicted molar refractivity (Wildman–Crippen MR) is 150 cm³/mol. The number of hydrogen-bond acceptors (Lipinski definition) is 8. The number of nitrogens with one attached hydrogen (secondary N) is 1. The minimum atomic E-state index is -1.10. The van der Waals surface area contributed by atoms with E-state index in [-0.39, 0.29) is 28.2 Å². The number of benzene rings is 2. The van der Waals surface area contributed by atoms with E-state index in [1.165, 1.54) is 19.1 Å². The molecule has 39 heavy (non-hydrogen) atoms. The first-order valence-corrected chi connectivity index (χ1v) is 13.4. The number of carbonyl (C=O) groups excluding carboxylic acids is 3. The lowest BCUT2D eigenvalue weighted by atomic mass is 9.99. The molecule has 4 rings (SSSR count). The van der Waals surface area contributed by atoms with Gasteiger partial charge in [-0.15, -0.1) is 0 Å². The molecule has 3 aromatic rings. The third-order valence-electron chi connectivity index (χ3n) is 6.93. The molecule has 1 aromatic heterocycles. The van der Waals surface area contributed by atoms with E-state index >= 15 is 0 Å². The van der Waals surface area contributed by atoms with E-state index in [9.17, 15) is 14.4 Å². The molecule has 0 spiro atoms. The van der Waals surface area contributed by atoms with Gasteiger partial charge in [0, 0.05) is 11.7 Å². The maximum Gasteiger partial charge on any atom is 0.273 e. The van der Waals surface area contributed by atoms with Crippen molar-refractivity contribution in [1.29, 1.82) is 0 Å². The molecule has 206 valence electrons. The summed E-state index contributed by atoms with van der Waals surface area (Å²) in [5, 5.41) is 3.15. The van der Waals surface area contributed by atoms with Crippen LogP contribution in [0.3, 0.4) is 0 Å². The standard InChI is InChI=1S/C28H33N5O5S/c1-15-9-10-16(2)19(13-15)33(28(36)25-22(29)23(26(30)34)32-39-25)24(27(35)31-18-7-5-6-8-18)17-11-12-20(37-3)21(14-17)38-4/h9-14,18,24H,5-8,29H2,1-4H3,(H2,30,34)(H,31,35)/t24-/m0/s1. The van der Waals surface area contributed by atoms with Crippen LogP contribution in [0, 0.1) is 13.8 Å². The van der Waals surface area contributed by atoms with Crippen LogP contribution in [-0.2, 0) is 4.79 Å². The minimum absolute atomic E-state index is 0.00522. The summed E-state index contributed by atoms with van der Waals surface area (Å²) in [4.78, 5) is 41.7. The number of nitrogen functional groups attached to an aromatic ring is 1. The molecular weight excluding hydrogens is 518 g/mol. The van der Waals surface area contributed by atoms with Crippen LogP contribution >= 0.6 is 11.5 Å². The van der Waals surface area contributed by atoms with Crippen LogP contribution in [0.15, 0.2) is 36.4 Å². The molecule has 11 heteroatoms. The number of carbonyl (C=O) groups is 3. The van der Waals surface area contributed by atoms with Gasteiger partial charge >= 0.3 is 0 Å². The van der Waals surface area contributed by atoms with E-state index in [1.54, 1.807) is 18.2 Å². The van der Waals surface area contributed by atoms with Crippen molar-refractivity contribution >= 4 is 40.6 Å². The van der Waals surface area contributed by atoms with E-state index in [4.69, 9.17) is 20.9 Å². The van der Waals surface area contributed by atoms with E-state index in [0.29, 0.717) is 22.7 Å². The smallest absolute Gasteiger partial charge is 0.273 e. The van der Waals surface area contributed by atoms with Crippen LogP contribution in [0.1, 0.15) is 68.6 Å². The highest BCUT2D eigenvalue weighted by Gasteiger charge is 2.38. The number of ether oxygens (including phenoxy) is 2. The largest absolute Gasteiger partial charge is 0.493 e. The number of nitrogens with zero attached hydrogens (tertiary/aromatic N) is 2. The number of rotatable bonds is 9. The SMILES string of the molecule is COc1ccc([C@@H](C(=O)NC2CCCC2)N(C(=O)c2snc(C(N)=O)c2N)c2cc(C)ccc2C)cc1OC. The van der Waals surface area contributed by atoms with Crippen LogP contribution in [0.4, 0.5) is 11.4 Å². The molecule has 0 unspecified atom stereocenters. The van der Waals surface area contributed by atoms with Gasteiger partial charge in [-0.05, 0) is 73.1 Å². The van der Waals surface area contributed by atoms with Gasteiger partial charge in [0.25, 0.3) is 11.8 Å². The molecule has 1 heterocycles. The molecule has 1 aliphatic carbocycles. The van der Waals surface area contributed by atoms with Crippen molar-refractivity contribution < 1.29 is 23.9 Å². The Hall–Kier alpha value is -4.12. The molecular formula is C28H33N5O5S. The fourth-order valence-corrected chi connectivity index (χ4v) is 5.62. The number of nitrogens with two attached hydrogens (primary N) is 2. The van der Waals surface area contributed by atoms with Crippen LogP contribution < -0.4 is 31.2 Å². The Labute approximate surface area is 231 Å². The minimum Gasteiger partial charge on any atom is -0.493 e. The zero-order valence-corrected chi connectivity index (χ0v) is 23.3. The Morgan fingerprint density at radius 2 is 1.74 bits per heavy atom.